The maximum absolute atomic E-state index is 12.6. The molecule has 0 N–H and O–H groups in total. The van der Waals surface area contributed by atoms with E-state index in [0.717, 1.165) is 24.0 Å². The number of benzene rings is 2. The van der Waals surface area contributed by atoms with Crippen molar-refractivity contribution in [3.05, 3.63) is 68.0 Å². The minimum Gasteiger partial charge on any atom is -0.319 e. The van der Waals surface area contributed by atoms with Crippen LogP contribution in [0.1, 0.15) is 34.3 Å². The molecule has 0 aliphatic heterocycles. The summed E-state index contributed by atoms with van der Waals surface area (Å²) in [7, 11) is 1.77. The smallest absolute Gasteiger partial charge is 0.279 e. The number of nitro benzene ring substituents is 1. The molecule has 7 heteroatoms. The van der Waals surface area contributed by atoms with Crippen molar-refractivity contribution >= 4 is 33.1 Å². The van der Waals surface area contributed by atoms with Crippen LogP contribution in [0.3, 0.4) is 0 Å². The van der Waals surface area contributed by atoms with E-state index < -0.39 is 4.92 Å². The van der Waals surface area contributed by atoms with Crippen LogP contribution < -0.4 is 4.80 Å². The van der Waals surface area contributed by atoms with Crippen LogP contribution in [0, 0.1) is 10.1 Å². The molecule has 6 nitrogen and oxygen atoms in total. The summed E-state index contributed by atoms with van der Waals surface area (Å²) in [5, 5.41) is 11.0. The Balaban J connectivity index is 1.74. The Morgan fingerprint density at radius 2 is 1.92 bits per heavy atom. The first kappa shape index (κ1) is 16.7. The van der Waals surface area contributed by atoms with Crippen LogP contribution in [0.15, 0.2) is 41.4 Å². The third kappa shape index (κ3) is 2.94. The molecule has 0 saturated carbocycles. The Bertz CT molecular complexity index is 1110. The number of non-ortho nitro benzene ring substituents is 1. The molecule has 0 bridgehead atoms. The normalized spacial score (nSPS) is 14.4. The summed E-state index contributed by atoms with van der Waals surface area (Å²) in [6.45, 7) is 0. The van der Waals surface area contributed by atoms with Crippen molar-refractivity contribution in [2.45, 2.75) is 25.7 Å². The fraction of sp³-hybridized carbons (Fsp3) is 0.263. The Morgan fingerprint density at radius 3 is 2.69 bits per heavy atom. The van der Waals surface area contributed by atoms with Gasteiger partial charge in [0.25, 0.3) is 11.6 Å². The Labute approximate surface area is 153 Å². The lowest BCUT2D eigenvalue weighted by Crippen LogP contribution is -2.14. The summed E-state index contributed by atoms with van der Waals surface area (Å²) in [4.78, 5) is 28.0. The molecule has 4 rings (SSSR count). The minimum atomic E-state index is -0.424. The zero-order chi connectivity index (χ0) is 18.3. The summed E-state index contributed by atoms with van der Waals surface area (Å²) in [6.07, 6.45) is 4.45. The summed E-state index contributed by atoms with van der Waals surface area (Å²) in [5.74, 6) is -0.282. The standard InChI is InChI=1S/C19H17N3O3S/c1-21-16-11-15(22(24)25)8-9-17(16)26-19(21)20-18(23)14-7-6-12-4-2-3-5-13(12)10-14/h6-11H,2-5H2,1H3. The van der Waals surface area contributed by atoms with Gasteiger partial charge in [-0.15, -0.1) is 0 Å². The lowest BCUT2D eigenvalue weighted by Gasteiger charge is -2.15. The largest absolute Gasteiger partial charge is 0.319 e. The molecule has 0 fully saturated rings. The van der Waals surface area contributed by atoms with Crippen molar-refractivity contribution in [2.75, 3.05) is 0 Å². The van der Waals surface area contributed by atoms with E-state index in [1.165, 1.54) is 41.0 Å². The summed E-state index contributed by atoms with van der Waals surface area (Å²) >= 11 is 1.35. The van der Waals surface area contributed by atoms with E-state index in [4.69, 9.17) is 0 Å². The van der Waals surface area contributed by atoms with Gasteiger partial charge in [-0.3, -0.25) is 14.9 Å². The Morgan fingerprint density at radius 1 is 1.15 bits per heavy atom. The second-order valence-corrected chi connectivity index (χ2v) is 7.47. The van der Waals surface area contributed by atoms with Crippen molar-refractivity contribution in [3.63, 3.8) is 0 Å². The average Bonchev–Trinajstić information content (AvgIpc) is 2.96. The first-order chi connectivity index (χ1) is 12.5. The van der Waals surface area contributed by atoms with E-state index in [9.17, 15) is 14.9 Å². The quantitative estimate of drug-likeness (QED) is 0.511. The van der Waals surface area contributed by atoms with Gasteiger partial charge in [0.1, 0.15) is 0 Å². The van der Waals surface area contributed by atoms with Crippen LogP contribution in [0.2, 0.25) is 0 Å². The highest BCUT2D eigenvalue weighted by atomic mass is 32.1. The molecule has 1 aliphatic carbocycles. The van der Waals surface area contributed by atoms with Crippen LogP contribution in [0.4, 0.5) is 5.69 Å². The fourth-order valence-corrected chi connectivity index (χ4v) is 4.35. The molecule has 3 aromatic rings. The van der Waals surface area contributed by atoms with Crippen LogP contribution in [-0.2, 0) is 19.9 Å². The highest BCUT2D eigenvalue weighted by Gasteiger charge is 2.14. The maximum atomic E-state index is 12.6. The molecular formula is C19H17N3O3S. The number of aromatic nitrogens is 1. The SMILES string of the molecule is Cn1c(=NC(=O)c2ccc3c(c2)CCCC3)sc2ccc([N+](=O)[O-])cc21. The molecule has 2 aromatic carbocycles. The van der Waals surface area contributed by atoms with Gasteiger partial charge >= 0.3 is 0 Å². The number of nitrogens with zero attached hydrogens (tertiary/aromatic N) is 3. The average molecular weight is 367 g/mol. The summed E-state index contributed by atoms with van der Waals surface area (Å²) in [5.41, 5.74) is 3.88. The molecule has 1 aliphatic rings. The van der Waals surface area contributed by atoms with Crippen LogP contribution in [0.5, 0.6) is 0 Å². The highest BCUT2D eigenvalue weighted by Crippen LogP contribution is 2.24. The lowest BCUT2D eigenvalue weighted by molar-refractivity contribution is -0.384. The molecule has 0 radical (unpaired) electrons. The number of hydrogen-bond donors (Lipinski definition) is 0. The van der Waals surface area contributed by atoms with Crippen LogP contribution >= 0.6 is 11.3 Å². The van der Waals surface area contributed by atoms with Gasteiger partial charge in [0.2, 0.25) is 0 Å². The number of carbonyl (C=O) groups is 1. The van der Waals surface area contributed by atoms with Crippen LogP contribution in [0.25, 0.3) is 10.2 Å². The van der Waals surface area contributed by atoms with Crippen molar-refractivity contribution in [3.8, 4) is 0 Å². The molecule has 132 valence electrons. The number of thiazole rings is 1. The summed E-state index contributed by atoms with van der Waals surface area (Å²) in [6, 6.07) is 10.5. The highest BCUT2D eigenvalue weighted by molar-refractivity contribution is 7.16. The van der Waals surface area contributed by atoms with Gasteiger partial charge in [0, 0.05) is 24.7 Å². The van der Waals surface area contributed by atoms with Gasteiger partial charge in [-0.2, -0.15) is 4.99 Å². The van der Waals surface area contributed by atoms with E-state index in [2.05, 4.69) is 4.99 Å². The zero-order valence-electron chi connectivity index (χ0n) is 14.3. The number of nitro groups is 1. The van der Waals surface area contributed by atoms with Gasteiger partial charge in [-0.25, -0.2) is 0 Å². The Kier molecular flexibility index (Phi) is 4.16. The molecular weight excluding hydrogens is 350 g/mol. The van der Waals surface area contributed by atoms with Crippen LogP contribution in [-0.4, -0.2) is 15.4 Å². The molecule has 0 saturated heterocycles. The summed E-state index contributed by atoms with van der Waals surface area (Å²) < 4.78 is 2.58. The topological polar surface area (TPSA) is 77.5 Å². The van der Waals surface area contributed by atoms with Gasteiger partial charge < -0.3 is 4.57 Å². The third-order valence-corrected chi connectivity index (χ3v) is 5.91. The Hall–Kier alpha value is -2.80. The van der Waals surface area contributed by atoms with Gasteiger partial charge in [0.15, 0.2) is 4.80 Å². The fourth-order valence-electron chi connectivity index (χ4n) is 3.35. The molecule has 26 heavy (non-hydrogen) atoms. The minimum absolute atomic E-state index is 0.0264. The first-order valence-electron chi connectivity index (χ1n) is 8.48. The maximum Gasteiger partial charge on any atom is 0.279 e. The number of rotatable bonds is 2. The number of fused-ring (bicyclic) bond motifs is 2. The zero-order valence-corrected chi connectivity index (χ0v) is 15.1. The molecule has 0 atom stereocenters. The number of amides is 1. The predicted molar refractivity (Wildman–Crippen MR) is 100 cm³/mol. The second kappa shape index (κ2) is 6.49. The predicted octanol–water partition coefficient (Wildman–Crippen LogP) is 3.77. The van der Waals surface area contributed by atoms with Gasteiger partial charge in [0.05, 0.1) is 15.1 Å². The van der Waals surface area contributed by atoms with Gasteiger partial charge in [-0.1, -0.05) is 17.4 Å². The molecule has 1 aromatic heterocycles. The molecule has 1 amide bonds. The number of aryl methyl sites for hydroxylation is 3. The number of carbonyl (C=O) groups excluding carboxylic acids is 1. The van der Waals surface area contributed by atoms with Gasteiger partial charge in [-0.05, 0) is 55.0 Å². The number of hydrogen-bond acceptors (Lipinski definition) is 4. The first-order valence-corrected chi connectivity index (χ1v) is 9.29. The monoisotopic (exact) mass is 367 g/mol. The lowest BCUT2D eigenvalue weighted by atomic mass is 9.90. The van der Waals surface area contributed by atoms with E-state index in [1.807, 2.05) is 18.2 Å². The molecule has 0 unspecified atom stereocenters. The molecule has 1 heterocycles. The third-order valence-electron chi connectivity index (χ3n) is 4.80. The van der Waals surface area contributed by atoms with E-state index in [-0.39, 0.29) is 11.6 Å². The van der Waals surface area contributed by atoms with E-state index in [0.29, 0.717) is 15.9 Å². The second-order valence-electron chi connectivity index (χ2n) is 6.46. The van der Waals surface area contributed by atoms with E-state index >= 15 is 0 Å². The van der Waals surface area contributed by atoms with E-state index in [1.54, 1.807) is 17.7 Å². The molecule has 0 spiro atoms. The van der Waals surface area contributed by atoms with Crippen molar-refractivity contribution < 1.29 is 9.72 Å². The van der Waals surface area contributed by atoms with Crippen molar-refractivity contribution in [1.29, 1.82) is 0 Å². The van der Waals surface area contributed by atoms with Crippen molar-refractivity contribution in [2.24, 2.45) is 12.0 Å². The van der Waals surface area contributed by atoms with Crippen molar-refractivity contribution in [1.82, 2.24) is 4.57 Å².